The van der Waals surface area contributed by atoms with Crippen molar-refractivity contribution in [3.63, 3.8) is 0 Å². The Morgan fingerprint density at radius 3 is 2.11 bits per heavy atom. The topological polar surface area (TPSA) is 152 Å². The highest BCUT2D eigenvalue weighted by atomic mass is 16.7. The number of carbonyl (C=O) groups is 2. The highest BCUT2D eigenvalue weighted by Crippen LogP contribution is 2.22. The van der Waals surface area contributed by atoms with Gasteiger partial charge in [0.05, 0.1) is 13.2 Å². The van der Waals surface area contributed by atoms with E-state index in [9.17, 15) is 30.0 Å². The first-order chi connectivity index (χ1) is 17.8. The van der Waals surface area contributed by atoms with Gasteiger partial charge in [0.25, 0.3) is 0 Å². The molecule has 4 N–H and O–H groups in total. The van der Waals surface area contributed by atoms with Crippen molar-refractivity contribution in [2.24, 2.45) is 0 Å². The second-order valence-corrected chi connectivity index (χ2v) is 9.57. The van der Waals surface area contributed by atoms with Gasteiger partial charge in [-0.1, -0.05) is 57.6 Å². The van der Waals surface area contributed by atoms with Crippen molar-refractivity contribution in [2.75, 3.05) is 19.8 Å². The predicted molar refractivity (Wildman–Crippen MR) is 136 cm³/mol. The lowest BCUT2D eigenvalue weighted by Gasteiger charge is -2.39. The van der Waals surface area contributed by atoms with Gasteiger partial charge in [-0.15, -0.1) is 0 Å². The maximum atomic E-state index is 12.3. The smallest absolute Gasteiger partial charge is 0.306 e. The Morgan fingerprint density at radius 1 is 0.865 bits per heavy atom. The molecule has 1 aliphatic heterocycles. The molecule has 1 aliphatic rings. The van der Waals surface area contributed by atoms with E-state index < -0.39 is 55.4 Å². The summed E-state index contributed by atoms with van der Waals surface area (Å²) in [5.74, 6) is -1.01. The first-order valence-corrected chi connectivity index (χ1v) is 13.7. The molecule has 6 unspecified atom stereocenters. The number of carbonyl (C=O) groups excluding carboxylic acids is 2. The van der Waals surface area contributed by atoms with Crippen molar-refractivity contribution in [1.82, 2.24) is 0 Å². The Morgan fingerprint density at radius 2 is 1.49 bits per heavy atom. The zero-order valence-corrected chi connectivity index (χ0v) is 22.5. The molecule has 0 aromatic rings. The number of unbranched alkanes of at least 4 members (excludes halogenated alkanes) is 9. The fourth-order valence-electron chi connectivity index (χ4n) is 3.97. The molecule has 1 rings (SSSR count). The zero-order chi connectivity index (χ0) is 27.5. The van der Waals surface area contributed by atoms with Crippen LogP contribution in [0.15, 0.2) is 12.2 Å². The fraction of sp³-hybridized carbons (Fsp3) is 0.852. The van der Waals surface area contributed by atoms with E-state index in [0.29, 0.717) is 6.42 Å². The molecule has 10 heteroatoms. The molecule has 10 nitrogen and oxygen atoms in total. The summed E-state index contributed by atoms with van der Waals surface area (Å²) in [5, 5.41) is 39.1. The molecule has 0 spiro atoms. The SMILES string of the molecule is CCCCCC/C=C\CCCCCCCC(=O)OC(COC(C)=O)COC1OC(CO)C(O)C(O)C1O. The summed E-state index contributed by atoms with van der Waals surface area (Å²) < 4.78 is 21.0. The monoisotopic (exact) mass is 532 g/mol. The van der Waals surface area contributed by atoms with Gasteiger partial charge in [-0.2, -0.15) is 0 Å². The quantitative estimate of drug-likeness (QED) is 0.105. The van der Waals surface area contributed by atoms with Crippen LogP contribution < -0.4 is 0 Å². The lowest BCUT2D eigenvalue weighted by atomic mass is 9.99. The van der Waals surface area contributed by atoms with Crippen molar-refractivity contribution in [3.8, 4) is 0 Å². The van der Waals surface area contributed by atoms with Crippen molar-refractivity contribution in [3.05, 3.63) is 12.2 Å². The standard InChI is InChI=1S/C27H48O10/c1-3-4-5-6-7-8-9-10-11-12-13-14-15-16-23(30)36-21(18-34-20(2)29)19-35-27-26(33)25(32)24(31)22(17-28)37-27/h8-9,21-22,24-28,31-33H,3-7,10-19H2,1-2H3/b9-8-. The van der Waals surface area contributed by atoms with Crippen LogP contribution in [0.4, 0.5) is 0 Å². The molecule has 6 atom stereocenters. The van der Waals surface area contributed by atoms with Crippen LogP contribution in [0, 0.1) is 0 Å². The van der Waals surface area contributed by atoms with Gasteiger partial charge in [-0.05, 0) is 32.1 Å². The Bertz CT molecular complexity index is 639. The number of aliphatic hydroxyl groups excluding tert-OH is 4. The molecule has 0 saturated carbocycles. The third-order valence-corrected chi connectivity index (χ3v) is 6.21. The summed E-state index contributed by atoms with van der Waals surface area (Å²) in [6.45, 7) is 2.32. The van der Waals surface area contributed by atoms with Gasteiger partial charge >= 0.3 is 11.9 Å². The van der Waals surface area contributed by atoms with Gasteiger partial charge in [0.1, 0.15) is 31.0 Å². The Hall–Kier alpha value is -1.56. The van der Waals surface area contributed by atoms with Gasteiger partial charge in [-0.3, -0.25) is 9.59 Å². The lowest BCUT2D eigenvalue weighted by Crippen LogP contribution is -2.59. The molecule has 1 saturated heterocycles. The Labute approximate surface area is 220 Å². The van der Waals surface area contributed by atoms with E-state index in [2.05, 4.69) is 19.1 Å². The minimum atomic E-state index is -1.59. The van der Waals surface area contributed by atoms with Crippen molar-refractivity contribution >= 4 is 11.9 Å². The van der Waals surface area contributed by atoms with Crippen LogP contribution in [-0.2, 0) is 28.5 Å². The third kappa shape index (κ3) is 14.8. The average molecular weight is 533 g/mol. The molecule has 1 fully saturated rings. The second-order valence-electron chi connectivity index (χ2n) is 9.57. The molecule has 0 amide bonds. The average Bonchev–Trinajstić information content (AvgIpc) is 2.87. The van der Waals surface area contributed by atoms with Crippen LogP contribution in [-0.4, -0.2) is 89.0 Å². The summed E-state index contributed by atoms with van der Waals surface area (Å²) in [6, 6.07) is 0. The van der Waals surface area contributed by atoms with Gasteiger partial charge in [-0.25, -0.2) is 0 Å². The molecular weight excluding hydrogens is 484 g/mol. The van der Waals surface area contributed by atoms with Gasteiger partial charge in [0, 0.05) is 13.3 Å². The first-order valence-electron chi connectivity index (χ1n) is 13.7. The molecule has 37 heavy (non-hydrogen) atoms. The van der Waals surface area contributed by atoms with Gasteiger partial charge in [0.15, 0.2) is 12.4 Å². The third-order valence-electron chi connectivity index (χ3n) is 6.21. The lowest BCUT2D eigenvalue weighted by molar-refractivity contribution is -0.305. The fourth-order valence-corrected chi connectivity index (χ4v) is 3.97. The van der Waals surface area contributed by atoms with Crippen LogP contribution >= 0.6 is 0 Å². The predicted octanol–water partition coefficient (Wildman–Crippen LogP) is 2.54. The molecule has 1 heterocycles. The molecule has 216 valence electrons. The molecule has 0 aromatic carbocycles. The maximum Gasteiger partial charge on any atom is 0.306 e. The van der Waals surface area contributed by atoms with Crippen LogP contribution in [0.3, 0.4) is 0 Å². The number of esters is 2. The van der Waals surface area contributed by atoms with Crippen molar-refractivity contribution in [1.29, 1.82) is 0 Å². The van der Waals surface area contributed by atoms with Crippen LogP contribution in [0.5, 0.6) is 0 Å². The molecule has 0 aromatic heterocycles. The summed E-state index contributed by atoms with van der Waals surface area (Å²) in [4.78, 5) is 23.5. The summed E-state index contributed by atoms with van der Waals surface area (Å²) in [6.07, 6.45) is 8.90. The zero-order valence-electron chi connectivity index (χ0n) is 22.5. The minimum Gasteiger partial charge on any atom is -0.462 e. The Kier molecular flexibility index (Phi) is 18.5. The number of allylic oxidation sites excluding steroid dienone is 2. The van der Waals surface area contributed by atoms with Crippen molar-refractivity contribution < 1.29 is 49.0 Å². The van der Waals surface area contributed by atoms with Crippen LogP contribution in [0.2, 0.25) is 0 Å². The van der Waals surface area contributed by atoms with Crippen LogP contribution in [0.1, 0.15) is 90.9 Å². The number of aliphatic hydroxyl groups is 4. The molecule has 0 radical (unpaired) electrons. The molecule has 0 aliphatic carbocycles. The van der Waals surface area contributed by atoms with E-state index in [1.807, 2.05) is 0 Å². The van der Waals surface area contributed by atoms with E-state index >= 15 is 0 Å². The van der Waals surface area contributed by atoms with Gasteiger partial charge < -0.3 is 39.4 Å². The molecule has 0 bridgehead atoms. The highest BCUT2D eigenvalue weighted by molar-refractivity contribution is 5.69. The number of hydrogen-bond donors (Lipinski definition) is 4. The number of hydrogen-bond acceptors (Lipinski definition) is 10. The number of ether oxygens (including phenoxy) is 4. The van der Waals surface area contributed by atoms with E-state index in [1.54, 1.807) is 0 Å². The van der Waals surface area contributed by atoms with Gasteiger partial charge in [0.2, 0.25) is 0 Å². The van der Waals surface area contributed by atoms with E-state index in [1.165, 1.54) is 32.6 Å². The Balaban J connectivity index is 2.29. The summed E-state index contributed by atoms with van der Waals surface area (Å²) >= 11 is 0. The first kappa shape index (κ1) is 33.5. The number of rotatable bonds is 20. The summed E-state index contributed by atoms with van der Waals surface area (Å²) in [5.41, 5.74) is 0. The van der Waals surface area contributed by atoms with E-state index in [-0.39, 0.29) is 19.6 Å². The largest absolute Gasteiger partial charge is 0.462 e. The van der Waals surface area contributed by atoms with E-state index in [0.717, 1.165) is 38.5 Å². The summed E-state index contributed by atoms with van der Waals surface area (Å²) in [7, 11) is 0. The molecular formula is C27H48O10. The minimum absolute atomic E-state index is 0.217. The normalized spacial score (nSPS) is 24.8. The van der Waals surface area contributed by atoms with Crippen molar-refractivity contribution in [2.45, 2.75) is 128 Å². The van der Waals surface area contributed by atoms with Crippen LogP contribution in [0.25, 0.3) is 0 Å². The highest BCUT2D eigenvalue weighted by Gasteiger charge is 2.44. The van der Waals surface area contributed by atoms with E-state index in [4.69, 9.17) is 18.9 Å². The second kappa shape index (κ2) is 20.4. The maximum absolute atomic E-state index is 12.3.